The maximum absolute atomic E-state index is 6.13. The number of rotatable bonds is 3. The number of hydrogen-bond acceptors (Lipinski definition) is 5. The van der Waals surface area contributed by atoms with Crippen molar-refractivity contribution in [3.05, 3.63) is 20.8 Å². The van der Waals surface area contributed by atoms with E-state index in [2.05, 4.69) is 20.7 Å². The molecular weight excluding hydrogens is 238 g/mol. The van der Waals surface area contributed by atoms with E-state index in [1.165, 1.54) is 12.8 Å². The van der Waals surface area contributed by atoms with Gasteiger partial charge in [0, 0.05) is 10.8 Å². The summed E-state index contributed by atoms with van der Waals surface area (Å²) in [4.78, 5) is 9.03. The van der Waals surface area contributed by atoms with Crippen LogP contribution in [-0.2, 0) is 0 Å². The Morgan fingerprint density at radius 2 is 1.94 bits per heavy atom. The highest BCUT2D eigenvalue weighted by molar-refractivity contribution is 7.10. The van der Waals surface area contributed by atoms with Crippen LogP contribution < -0.4 is 5.73 Å². The van der Waals surface area contributed by atoms with Gasteiger partial charge in [-0.2, -0.15) is 0 Å². The molecule has 0 saturated heterocycles. The Balaban J connectivity index is 1.86. The molecule has 84 valence electrons. The van der Waals surface area contributed by atoms with Crippen LogP contribution in [0.2, 0.25) is 0 Å². The minimum Gasteiger partial charge on any atom is -0.322 e. The summed E-state index contributed by atoms with van der Waals surface area (Å²) in [5.74, 6) is 0.663. The van der Waals surface area contributed by atoms with Gasteiger partial charge in [0.25, 0.3) is 0 Å². The summed E-state index contributed by atoms with van der Waals surface area (Å²) < 4.78 is 0. The van der Waals surface area contributed by atoms with E-state index in [0.29, 0.717) is 5.92 Å². The van der Waals surface area contributed by atoms with Gasteiger partial charge in [-0.05, 0) is 25.7 Å². The van der Waals surface area contributed by atoms with Gasteiger partial charge in [-0.15, -0.1) is 22.7 Å². The van der Waals surface area contributed by atoms with Crippen LogP contribution in [0.1, 0.15) is 28.9 Å². The second kappa shape index (κ2) is 3.91. The molecule has 1 atom stereocenters. The van der Waals surface area contributed by atoms with Crippen LogP contribution in [0.15, 0.2) is 10.8 Å². The second-order valence-electron chi connectivity index (χ2n) is 4.19. The van der Waals surface area contributed by atoms with Crippen LogP contribution >= 0.6 is 22.7 Å². The molecular formula is C11H13N3S2. The molecule has 0 aliphatic heterocycles. The van der Waals surface area contributed by atoms with Gasteiger partial charge in [0.1, 0.15) is 16.4 Å². The lowest BCUT2D eigenvalue weighted by Crippen LogP contribution is -2.11. The van der Waals surface area contributed by atoms with Crippen molar-refractivity contribution in [1.82, 2.24) is 9.97 Å². The smallest absolute Gasteiger partial charge is 0.110 e. The fraction of sp³-hybridized carbons (Fsp3) is 0.455. The Labute approximate surface area is 102 Å². The molecule has 2 heterocycles. The van der Waals surface area contributed by atoms with Gasteiger partial charge in [-0.1, -0.05) is 0 Å². The molecule has 0 aromatic carbocycles. The third-order valence-corrected chi connectivity index (χ3v) is 4.54. The third-order valence-electron chi connectivity index (χ3n) is 2.82. The van der Waals surface area contributed by atoms with Crippen molar-refractivity contribution in [1.29, 1.82) is 0 Å². The molecule has 1 aliphatic rings. The molecule has 1 fully saturated rings. The standard InChI is InChI=1S/C11H13N3S2/c1-6-13-8(4-15-6)9-5-16-11(14-9)10(12)7-2-3-7/h4-5,7,10H,2-3,12H2,1H3. The van der Waals surface area contributed by atoms with Crippen molar-refractivity contribution < 1.29 is 0 Å². The molecule has 16 heavy (non-hydrogen) atoms. The van der Waals surface area contributed by atoms with Crippen molar-refractivity contribution in [2.75, 3.05) is 0 Å². The minimum atomic E-state index is 0.137. The van der Waals surface area contributed by atoms with Crippen molar-refractivity contribution in [3.8, 4) is 11.4 Å². The van der Waals surface area contributed by atoms with Crippen molar-refractivity contribution in [2.24, 2.45) is 11.7 Å². The molecule has 2 N–H and O–H groups in total. The summed E-state index contributed by atoms with van der Waals surface area (Å²) in [5.41, 5.74) is 8.08. The Bertz CT molecular complexity index is 499. The minimum absolute atomic E-state index is 0.137. The number of hydrogen-bond donors (Lipinski definition) is 1. The van der Waals surface area contributed by atoms with Crippen molar-refractivity contribution >= 4 is 22.7 Å². The molecule has 2 aromatic heterocycles. The lowest BCUT2D eigenvalue weighted by Gasteiger charge is -2.04. The van der Waals surface area contributed by atoms with Crippen molar-refractivity contribution in [3.63, 3.8) is 0 Å². The van der Waals surface area contributed by atoms with E-state index in [0.717, 1.165) is 21.4 Å². The molecule has 1 unspecified atom stereocenters. The average Bonchev–Trinajstić information content (AvgIpc) is 2.84. The summed E-state index contributed by atoms with van der Waals surface area (Å²) in [6.45, 7) is 2.01. The van der Waals surface area contributed by atoms with E-state index in [4.69, 9.17) is 5.73 Å². The van der Waals surface area contributed by atoms with Crippen LogP contribution in [0.5, 0.6) is 0 Å². The van der Waals surface area contributed by atoms with Gasteiger partial charge >= 0.3 is 0 Å². The monoisotopic (exact) mass is 251 g/mol. The van der Waals surface area contributed by atoms with Gasteiger partial charge in [-0.3, -0.25) is 0 Å². The molecule has 1 saturated carbocycles. The summed E-state index contributed by atoms with van der Waals surface area (Å²) in [7, 11) is 0. The number of nitrogens with two attached hydrogens (primary N) is 1. The Hall–Kier alpha value is -0.780. The number of thiazole rings is 2. The maximum atomic E-state index is 6.13. The maximum Gasteiger partial charge on any atom is 0.110 e. The van der Waals surface area contributed by atoms with E-state index in [1.807, 2.05) is 6.92 Å². The first-order valence-electron chi connectivity index (χ1n) is 5.37. The van der Waals surface area contributed by atoms with Crippen LogP contribution in [-0.4, -0.2) is 9.97 Å². The molecule has 0 amide bonds. The van der Waals surface area contributed by atoms with Crippen LogP contribution in [0, 0.1) is 12.8 Å². The van der Waals surface area contributed by atoms with Gasteiger partial charge < -0.3 is 5.73 Å². The zero-order valence-electron chi connectivity index (χ0n) is 9.01. The zero-order valence-corrected chi connectivity index (χ0v) is 10.6. The summed E-state index contributed by atoms with van der Waals surface area (Å²) in [6.07, 6.45) is 2.51. The molecule has 1 aliphatic carbocycles. The van der Waals surface area contributed by atoms with Gasteiger partial charge in [0.05, 0.1) is 11.0 Å². The predicted molar refractivity (Wildman–Crippen MR) is 67.6 cm³/mol. The quantitative estimate of drug-likeness (QED) is 0.912. The van der Waals surface area contributed by atoms with Crippen molar-refractivity contribution in [2.45, 2.75) is 25.8 Å². The molecule has 3 rings (SSSR count). The first-order chi connectivity index (χ1) is 7.74. The van der Waals surface area contributed by atoms with E-state index >= 15 is 0 Å². The SMILES string of the molecule is Cc1nc(-c2csc(C(N)C3CC3)n2)cs1. The van der Waals surface area contributed by atoms with Crippen LogP contribution in [0.3, 0.4) is 0 Å². The number of nitrogens with zero attached hydrogens (tertiary/aromatic N) is 2. The fourth-order valence-electron chi connectivity index (χ4n) is 1.70. The summed E-state index contributed by atoms with van der Waals surface area (Å²) in [6, 6.07) is 0.137. The largest absolute Gasteiger partial charge is 0.322 e. The molecule has 0 spiro atoms. The number of aryl methyl sites for hydroxylation is 1. The van der Waals surface area contributed by atoms with E-state index < -0.39 is 0 Å². The highest BCUT2D eigenvalue weighted by Crippen LogP contribution is 2.40. The zero-order chi connectivity index (χ0) is 11.1. The fourth-order valence-corrected chi connectivity index (χ4v) is 3.21. The lowest BCUT2D eigenvalue weighted by atomic mass is 10.2. The highest BCUT2D eigenvalue weighted by Gasteiger charge is 2.31. The van der Waals surface area contributed by atoms with E-state index in [1.54, 1.807) is 22.7 Å². The predicted octanol–water partition coefficient (Wildman–Crippen LogP) is 2.98. The first kappa shape index (κ1) is 10.4. The highest BCUT2D eigenvalue weighted by atomic mass is 32.1. The number of aromatic nitrogens is 2. The average molecular weight is 251 g/mol. The normalized spacial score (nSPS) is 17.6. The molecule has 3 nitrogen and oxygen atoms in total. The molecule has 5 heteroatoms. The lowest BCUT2D eigenvalue weighted by molar-refractivity contribution is 0.629. The van der Waals surface area contributed by atoms with Crippen LogP contribution in [0.4, 0.5) is 0 Å². The second-order valence-corrected chi connectivity index (χ2v) is 6.14. The Kier molecular flexibility index (Phi) is 2.53. The first-order valence-corrected chi connectivity index (χ1v) is 7.13. The Morgan fingerprint density at radius 1 is 1.25 bits per heavy atom. The molecule has 2 aromatic rings. The summed E-state index contributed by atoms with van der Waals surface area (Å²) >= 11 is 3.32. The van der Waals surface area contributed by atoms with E-state index in [9.17, 15) is 0 Å². The molecule has 0 bridgehead atoms. The Morgan fingerprint density at radius 3 is 2.56 bits per heavy atom. The topological polar surface area (TPSA) is 51.8 Å². The third kappa shape index (κ3) is 1.90. The van der Waals surface area contributed by atoms with Crippen LogP contribution in [0.25, 0.3) is 11.4 Å². The van der Waals surface area contributed by atoms with Gasteiger partial charge in [-0.25, -0.2) is 9.97 Å². The van der Waals surface area contributed by atoms with Gasteiger partial charge in [0.15, 0.2) is 0 Å². The van der Waals surface area contributed by atoms with Gasteiger partial charge in [0.2, 0.25) is 0 Å². The van der Waals surface area contributed by atoms with E-state index in [-0.39, 0.29) is 6.04 Å². The molecule has 0 radical (unpaired) electrons. The summed E-state index contributed by atoms with van der Waals surface area (Å²) in [5, 5.41) is 6.25.